The summed E-state index contributed by atoms with van der Waals surface area (Å²) in [5.41, 5.74) is 3.38. The predicted molar refractivity (Wildman–Crippen MR) is 114 cm³/mol. The first-order valence-corrected chi connectivity index (χ1v) is 10.0. The molecule has 6 nitrogen and oxygen atoms in total. The second-order valence-corrected chi connectivity index (χ2v) is 7.11. The number of nitrogens with zero attached hydrogens (tertiary/aromatic N) is 3. The largest absolute Gasteiger partial charge is 0.495 e. The summed E-state index contributed by atoms with van der Waals surface area (Å²) in [6.45, 7) is 3.67. The van der Waals surface area contributed by atoms with Gasteiger partial charge in [0.2, 0.25) is 0 Å². The fraction of sp³-hybridized carbons (Fsp3) is 0.190. The zero-order valence-electron chi connectivity index (χ0n) is 16.6. The van der Waals surface area contributed by atoms with Gasteiger partial charge in [0.15, 0.2) is 5.17 Å². The van der Waals surface area contributed by atoms with Crippen LogP contribution in [0.4, 0.5) is 10.1 Å². The smallest absolute Gasteiger partial charge is 0.257 e. The summed E-state index contributed by atoms with van der Waals surface area (Å²) >= 11 is 1.29. The van der Waals surface area contributed by atoms with Gasteiger partial charge in [0, 0.05) is 11.8 Å². The van der Waals surface area contributed by atoms with Gasteiger partial charge in [-0.25, -0.2) is 14.4 Å². The summed E-state index contributed by atoms with van der Waals surface area (Å²) in [5.74, 6) is -0.0898. The molecule has 2 aromatic carbocycles. The van der Waals surface area contributed by atoms with E-state index in [2.05, 4.69) is 15.3 Å². The van der Waals surface area contributed by atoms with E-state index in [1.165, 1.54) is 23.9 Å². The van der Waals surface area contributed by atoms with Crippen LogP contribution in [-0.4, -0.2) is 34.0 Å². The van der Waals surface area contributed by atoms with Crippen LogP contribution in [0.2, 0.25) is 0 Å². The number of hydrogen-bond acceptors (Lipinski definition) is 5. The third-order valence-electron chi connectivity index (χ3n) is 4.23. The quantitative estimate of drug-likeness (QED) is 0.509. The number of imidazole rings is 1. The van der Waals surface area contributed by atoms with Gasteiger partial charge in [0.25, 0.3) is 5.91 Å². The molecule has 0 unspecified atom stereocenters. The molecule has 150 valence electrons. The number of hydrogen-bond donors (Lipinski definition) is 1. The van der Waals surface area contributed by atoms with Crippen molar-refractivity contribution in [2.45, 2.75) is 13.8 Å². The topological polar surface area (TPSA) is 68.5 Å². The Labute approximate surface area is 172 Å². The summed E-state index contributed by atoms with van der Waals surface area (Å²) in [4.78, 5) is 21.4. The van der Waals surface area contributed by atoms with E-state index in [-0.39, 0.29) is 11.7 Å². The molecule has 29 heavy (non-hydrogen) atoms. The molecule has 1 amide bonds. The van der Waals surface area contributed by atoms with E-state index in [9.17, 15) is 9.18 Å². The Bertz CT molecular complexity index is 1080. The molecule has 0 saturated carbocycles. The van der Waals surface area contributed by atoms with E-state index in [1.54, 1.807) is 44.6 Å². The van der Waals surface area contributed by atoms with Crippen LogP contribution in [0.25, 0.3) is 5.69 Å². The molecular formula is C21H21FN4O2S. The molecule has 0 bridgehead atoms. The molecule has 3 rings (SSSR count). The maximum atomic E-state index is 13.3. The normalized spacial score (nSPS) is 11.4. The van der Waals surface area contributed by atoms with Crippen molar-refractivity contribution in [3.05, 3.63) is 71.6 Å². The molecule has 3 aromatic rings. The van der Waals surface area contributed by atoms with E-state index in [0.717, 1.165) is 11.4 Å². The minimum atomic E-state index is -0.323. The van der Waals surface area contributed by atoms with E-state index < -0.39 is 0 Å². The van der Waals surface area contributed by atoms with Gasteiger partial charge in [-0.05, 0) is 62.1 Å². The number of aliphatic imine (C=N–C) groups is 1. The first kappa shape index (κ1) is 20.6. The predicted octanol–water partition coefficient (Wildman–Crippen LogP) is 4.42. The highest BCUT2D eigenvalue weighted by Gasteiger charge is 2.14. The number of amidine groups is 1. The van der Waals surface area contributed by atoms with Crippen LogP contribution in [0.15, 0.2) is 53.9 Å². The maximum absolute atomic E-state index is 13.3. The van der Waals surface area contributed by atoms with Crippen LogP contribution in [0.1, 0.15) is 21.6 Å². The van der Waals surface area contributed by atoms with E-state index >= 15 is 0 Å². The lowest BCUT2D eigenvalue weighted by Gasteiger charge is -2.12. The molecule has 1 aromatic heterocycles. The lowest BCUT2D eigenvalue weighted by Crippen LogP contribution is -2.28. The fourth-order valence-corrected chi connectivity index (χ4v) is 3.12. The first-order valence-electron chi connectivity index (χ1n) is 8.80. The van der Waals surface area contributed by atoms with Crippen molar-refractivity contribution in [3.63, 3.8) is 0 Å². The molecule has 0 spiro atoms. The van der Waals surface area contributed by atoms with Gasteiger partial charge in [-0.15, -0.1) is 0 Å². The third-order valence-corrected chi connectivity index (χ3v) is 4.81. The van der Waals surface area contributed by atoms with Gasteiger partial charge < -0.3 is 14.6 Å². The number of nitrogens with one attached hydrogen (secondary N) is 1. The Morgan fingerprint density at radius 1 is 1.24 bits per heavy atom. The van der Waals surface area contributed by atoms with Gasteiger partial charge in [-0.2, -0.15) is 0 Å². The lowest BCUT2D eigenvalue weighted by atomic mass is 10.1. The van der Waals surface area contributed by atoms with Gasteiger partial charge >= 0.3 is 0 Å². The summed E-state index contributed by atoms with van der Waals surface area (Å²) in [7, 11) is 1.55. The standard InChI is InChI=1S/C21H21FN4O2S/c1-13-9-16(22)6-7-17(13)24-21(29-4)25-20(27)15-5-8-18(19(10-15)28-3)26-11-14(2)23-12-26/h5-12H,1-4H3,(H,24,25,27). The van der Waals surface area contributed by atoms with Crippen molar-refractivity contribution in [2.75, 3.05) is 13.4 Å². The van der Waals surface area contributed by atoms with Crippen molar-refractivity contribution < 1.29 is 13.9 Å². The van der Waals surface area contributed by atoms with E-state index in [4.69, 9.17) is 4.74 Å². The third kappa shape index (κ3) is 4.83. The average molecular weight is 412 g/mol. The van der Waals surface area contributed by atoms with Crippen molar-refractivity contribution in [2.24, 2.45) is 4.99 Å². The number of carbonyl (C=O) groups excluding carboxylic acids is 1. The number of benzene rings is 2. The van der Waals surface area contributed by atoms with E-state index in [1.807, 2.05) is 23.9 Å². The van der Waals surface area contributed by atoms with Crippen molar-refractivity contribution in [1.82, 2.24) is 14.9 Å². The maximum Gasteiger partial charge on any atom is 0.257 e. The van der Waals surface area contributed by atoms with Crippen LogP contribution < -0.4 is 10.1 Å². The zero-order chi connectivity index (χ0) is 21.0. The second kappa shape index (κ2) is 8.91. The average Bonchev–Trinajstić information content (AvgIpc) is 3.14. The van der Waals surface area contributed by atoms with Crippen LogP contribution in [0, 0.1) is 19.7 Å². The summed E-state index contributed by atoms with van der Waals surface area (Å²) in [6.07, 6.45) is 5.38. The van der Waals surface area contributed by atoms with Gasteiger partial charge in [-0.3, -0.25) is 4.79 Å². The number of thioether (sulfide) groups is 1. The zero-order valence-corrected chi connectivity index (χ0v) is 17.4. The molecule has 0 saturated heterocycles. The summed E-state index contributed by atoms with van der Waals surface area (Å²) in [5, 5.41) is 3.21. The molecule has 0 atom stereocenters. The van der Waals surface area contributed by atoms with Crippen LogP contribution in [0.5, 0.6) is 5.75 Å². The fourth-order valence-electron chi connectivity index (χ4n) is 2.73. The Kier molecular flexibility index (Phi) is 6.33. The number of ether oxygens (including phenoxy) is 1. The van der Waals surface area contributed by atoms with Crippen LogP contribution in [0.3, 0.4) is 0 Å². The van der Waals surface area contributed by atoms with Gasteiger partial charge in [0.05, 0.1) is 30.5 Å². The number of amides is 1. The van der Waals surface area contributed by atoms with E-state index in [0.29, 0.717) is 27.7 Å². The minimum Gasteiger partial charge on any atom is -0.495 e. The second-order valence-electron chi connectivity index (χ2n) is 6.31. The van der Waals surface area contributed by atoms with Crippen molar-refractivity contribution >= 4 is 28.5 Å². The molecule has 0 radical (unpaired) electrons. The SMILES string of the molecule is COc1cc(C(=O)NC(=Nc2ccc(F)cc2C)SC)ccc1-n1cnc(C)c1. The van der Waals surface area contributed by atoms with Gasteiger partial charge in [-0.1, -0.05) is 11.8 Å². The number of rotatable bonds is 4. The molecule has 1 N–H and O–H groups in total. The molecule has 1 heterocycles. The Hall–Kier alpha value is -3.13. The number of carbonyl (C=O) groups is 1. The highest BCUT2D eigenvalue weighted by molar-refractivity contribution is 8.13. The lowest BCUT2D eigenvalue weighted by molar-refractivity contribution is 0.0977. The number of aryl methyl sites for hydroxylation is 2. The highest BCUT2D eigenvalue weighted by atomic mass is 32.2. The minimum absolute atomic E-state index is 0.315. The molecule has 0 fully saturated rings. The Morgan fingerprint density at radius 3 is 2.66 bits per heavy atom. The molecule has 8 heteroatoms. The molecule has 0 aliphatic heterocycles. The highest BCUT2D eigenvalue weighted by Crippen LogP contribution is 2.25. The van der Waals surface area contributed by atoms with Crippen molar-refractivity contribution in [3.8, 4) is 11.4 Å². The van der Waals surface area contributed by atoms with Gasteiger partial charge in [0.1, 0.15) is 11.6 Å². The van der Waals surface area contributed by atoms with Crippen LogP contribution in [-0.2, 0) is 0 Å². The molecule has 0 aliphatic rings. The monoisotopic (exact) mass is 412 g/mol. The molecular weight excluding hydrogens is 391 g/mol. The summed E-state index contributed by atoms with van der Waals surface area (Å²) in [6, 6.07) is 9.50. The number of methoxy groups -OCH3 is 1. The number of halogens is 1. The Morgan fingerprint density at radius 2 is 2.03 bits per heavy atom. The molecule has 0 aliphatic carbocycles. The van der Waals surface area contributed by atoms with Crippen molar-refractivity contribution in [1.29, 1.82) is 0 Å². The first-order chi connectivity index (χ1) is 13.9. The van der Waals surface area contributed by atoms with Crippen LogP contribution >= 0.6 is 11.8 Å². The summed E-state index contributed by atoms with van der Waals surface area (Å²) < 4.78 is 20.6. The Balaban J connectivity index is 1.84. The number of aromatic nitrogens is 2.